The minimum Gasteiger partial charge on any atom is -0.377 e. The van der Waals surface area contributed by atoms with E-state index in [1.54, 1.807) is 34.9 Å². The largest absolute Gasteiger partial charge is 0.377 e. The van der Waals surface area contributed by atoms with Crippen LogP contribution in [0.1, 0.15) is 34.6 Å². The first kappa shape index (κ1) is 19.2. The molecule has 0 aromatic heterocycles. The third-order valence-electron chi connectivity index (χ3n) is 3.05. The van der Waals surface area contributed by atoms with Gasteiger partial charge in [-0.25, -0.2) is 8.42 Å². The SMILES string of the molecule is CN=C(NCCS(=O)(=O)C(C)(C)C)NCC(C)(C)OC. The number of hydrogen-bond acceptors (Lipinski definition) is 4. The first-order chi connectivity index (χ1) is 8.95. The van der Waals surface area contributed by atoms with E-state index in [2.05, 4.69) is 15.6 Å². The van der Waals surface area contributed by atoms with Crippen LogP contribution in [-0.4, -0.2) is 57.7 Å². The van der Waals surface area contributed by atoms with Crippen molar-refractivity contribution in [2.45, 2.75) is 45.0 Å². The molecule has 0 aliphatic rings. The van der Waals surface area contributed by atoms with Gasteiger partial charge >= 0.3 is 0 Å². The lowest BCUT2D eigenvalue weighted by Crippen LogP contribution is -2.46. The maximum absolute atomic E-state index is 12.0. The highest BCUT2D eigenvalue weighted by atomic mass is 32.2. The van der Waals surface area contributed by atoms with Crippen LogP contribution in [0.4, 0.5) is 0 Å². The second kappa shape index (κ2) is 7.26. The predicted molar refractivity (Wildman–Crippen MR) is 84.0 cm³/mol. The van der Waals surface area contributed by atoms with Gasteiger partial charge in [-0.2, -0.15) is 0 Å². The normalized spacial score (nSPS) is 14.2. The number of sulfone groups is 1. The molecule has 120 valence electrons. The monoisotopic (exact) mass is 307 g/mol. The lowest BCUT2D eigenvalue weighted by Gasteiger charge is -2.24. The molecule has 0 rings (SSSR count). The van der Waals surface area contributed by atoms with Gasteiger partial charge in [-0.05, 0) is 34.6 Å². The van der Waals surface area contributed by atoms with Crippen LogP contribution < -0.4 is 10.6 Å². The maximum Gasteiger partial charge on any atom is 0.191 e. The molecular formula is C13H29N3O3S. The van der Waals surface area contributed by atoms with Crippen LogP contribution in [0.25, 0.3) is 0 Å². The molecule has 0 heterocycles. The van der Waals surface area contributed by atoms with Gasteiger partial charge < -0.3 is 15.4 Å². The predicted octanol–water partition coefficient (Wildman–Crippen LogP) is 0.790. The molecule has 0 unspecified atom stereocenters. The first-order valence-electron chi connectivity index (χ1n) is 6.67. The molecule has 0 atom stereocenters. The van der Waals surface area contributed by atoms with Gasteiger partial charge in [0.25, 0.3) is 0 Å². The lowest BCUT2D eigenvalue weighted by atomic mass is 10.1. The topological polar surface area (TPSA) is 79.8 Å². The fraction of sp³-hybridized carbons (Fsp3) is 0.923. The number of methoxy groups -OCH3 is 1. The third-order valence-corrected chi connectivity index (χ3v) is 5.66. The molecule has 0 amide bonds. The summed E-state index contributed by atoms with van der Waals surface area (Å²) in [4.78, 5) is 4.05. The van der Waals surface area contributed by atoms with Gasteiger partial charge in [0.2, 0.25) is 0 Å². The summed E-state index contributed by atoms with van der Waals surface area (Å²) in [5, 5.41) is 6.10. The molecule has 0 bridgehead atoms. The summed E-state index contributed by atoms with van der Waals surface area (Å²) in [5.74, 6) is 0.643. The lowest BCUT2D eigenvalue weighted by molar-refractivity contribution is 0.0268. The second-order valence-electron chi connectivity index (χ2n) is 6.25. The molecule has 0 aliphatic heterocycles. The fourth-order valence-electron chi connectivity index (χ4n) is 1.20. The minimum absolute atomic E-state index is 0.0743. The molecule has 20 heavy (non-hydrogen) atoms. The minimum atomic E-state index is -3.12. The van der Waals surface area contributed by atoms with Crippen LogP contribution in [-0.2, 0) is 14.6 Å². The summed E-state index contributed by atoms with van der Waals surface area (Å²) in [6.07, 6.45) is 0. The third kappa shape index (κ3) is 6.56. The van der Waals surface area contributed by atoms with Crippen molar-refractivity contribution >= 4 is 15.8 Å². The van der Waals surface area contributed by atoms with Crippen molar-refractivity contribution in [3.05, 3.63) is 0 Å². The summed E-state index contributed by atoms with van der Waals surface area (Å²) in [6, 6.07) is 0. The number of nitrogens with zero attached hydrogens (tertiary/aromatic N) is 1. The Morgan fingerprint density at radius 3 is 2.10 bits per heavy atom. The highest BCUT2D eigenvalue weighted by Gasteiger charge is 2.28. The van der Waals surface area contributed by atoms with Crippen LogP contribution in [0.15, 0.2) is 4.99 Å². The van der Waals surface area contributed by atoms with E-state index in [4.69, 9.17) is 4.74 Å². The van der Waals surface area contributed by atoms with Gasteiger partial charge in [0, 0.05) is 27.2 Å². The Kier molecular flexibility index (Phi) is 6.97. The summed E-state index contributed by atoms with van der Waals surface area (Å²) >= 11 is 0. The van der Waals surface area contributed by atoms with Crippen LogP contribution in [0.3, 0.4) is 0 Å². The van der Waals surface area contributed by atoms with E-state index in [0.717, 1.165) is 0 Å². The van der Waals surface area contributed by atoms with Crippen LogP contribution >= 0.6 is 0 Å². The Hall–Kier alpha value is -0.820. The van der Waals surface area contributed by atoms with E-state index in [0.29, 0.717) is 19.0 Å². The van der Waals surface area contributed by atoms with Crippen molar-refractivity contribution in [1.82, 2.24) is 10.6 Å². The molecule has 6 nitrogen and oxygen atoms in total. The summed E-state index contributed by atoms with van der Waals surface area (Å²) in [5.41, 5.74) is -0.310. The van der Waals surface area contributed by atoms with Gasteiger partial charge in [0.1, 0.15) is 0 Å². The molecule has 0 aliphatic carbocycles. The van der Waals surface area contributed by atoms with E-state index in [1.807, 2.05) is 13.8 Å². The Labute approximate surface area is 123 Å². The molecule has 0 saturated carbocycles. The summed E-state index contributed by atoms with van der Waals surface area (Å²) < 4.78 is 28.5. The van der Waals surface area contributed by atoms with Crippen molar-refractivity contribution < 1.29 is 13.2 Å². The van der Waals surface area contributed by atoms with E-state index in [-0.39, 0.29) is 11.4 Å². The van der Waals surface area contributed by atoms with Crippen LogP contribution in [0, 0.1) is 0 Å². The van der Waals surface area contributed by atoms with Crippen molar-refractivity contribution in [2.24, 2.45) is 4.99 Å². The van der Waals surface area contributed by atoms with Gasteiger partial charge in [-0.3, -0.25) is 4.99 Å². The zero-order valence-electron chi connectivity index (χ0n) is 13.7. The average molecular weight is 307 g/mol. The highest BCUT2D eigenvalue weighted by molar-refractivity contribution is 7.92. The van der Waals surface area contributed by atoms with E-state index in [9.17, 15) is 8.42 Å². The molecule has 0 fully saturated rings. The zero-order chi connectivity index (χ0) is 16.0. The van der Waals surface area contributed by atoms with Gasteiger partial charge in [0.15, 0.2) is 15.8 Å². The fourth-order valence-corrected chi connectivity index (χ4v) is 2.18. The average Bonchev–Trinajstić information content (AvgIpc) is 2.32. The van der Waals surface area contributed by atoms with Gasteiger partial charge in [-0.1, -0.05) is 0 Å². The van der Waals surface area contributed by atoms with Crippen molar-refractivity contribution in [1.29, 1.82) is 0 Å². The molecule has 0 aromatic rings. The first-order valence-corrected chi connectivity index (χ1v) is 8.32. The molecule has 0 aromatic carbocycles. The Bertz CT molecular complexity index is 423. The molecule has 2 N–H and O–H groups in total. The van der Waals surface area contributed by atoms with E-state index >= 15 is 0 Å². The summed E-state index contributed by atoms with van der Waals surface area (Å²) in [7, 11) is 0.173. The Morgan fingerprint density at radius 2 is 1.70 bits per heavy atom. The number of guanidine groups is 1. The smallest absolute Gasteiger partial charge is 0.191 e. The molecule has 0 radical (unpaired) electrons. The number of aliphatic imine (C=N–C) groups is 1. The van der Waals surface area contributed by atoms with E-state index < -0.39 is 14.6 Å². The van der Waals surface area contributed by atoms with Crippen molar-refractivity contribution in [3.8, 4) is 0 Å². The maximum atomic E-state index is 12.0. The molecule has 7 heteroatoms. The Balaban J connectivity index is 4.31. The number of hydrogen-bond donors (Lipinski definition) is 2. The highest BCUT2D eigenvalue weighted by Crippen LogP contribution is 2.15. The van der Waals surface area contributed by atoms with Crippen LogP contribution in [0.2, 0.25) is 0 Å². The number of ether oxygens (including phenoxy) is 1. The molecule has 0 saturated heterocycles. The zero-order valence-corrected chi connectivity index (χ0v) is 14.5. The van der Waals surface area contributed by atoms with E-state index in [1.165, 1.54) is 0 Å². The Morgan fingerprint density at radius 1 is 1.15 bits per heavy atom. The van der Waals surface area contributed by atoms with Crippen molar-refractivity contribution in [3.63, 3.8) is 0 Å². The standard InChI is InChI=1S/C13H29N3O3S/c1-12(2,3)20(17,18)9-8-15-11(14-6)16-10-13(4,5)19-7/h8-10H2,1-7H3,(H2,14,15,16). The van der Waals surface area contributed by atoms with Gasteiger partial charge in [0.05, 0.1) is 16.1 Å². The quantitative estimate of drug-likeness (QED) is 0.560. The number of nitrogens with one attached hydrogen (secondary N) is 2. The van der Waals surface area contributed by atoms with Gasteiger partial charge in [-0.15, -0.1) is 0 Å². The van der Waals surface area contributed by atoms with Crippen molar-refractivity contribution in [2.75, 3.05) is 33.0 Å². The number of rotatable bonds is 6. The molecule has 0 spiro atoms. The van der Waals surface area contributed by atoms with Crippen LogP contribution in [0.5, 0.6) is 0 Å². The molecular weight excluding hydrogens is 278 g/mol. The second-order valence-corrected chi connectivity index (χ2v) is 9.11. The summed E-state index contributed by atoms with van der Waals surface area (Å²) in [6.45, 7) is 9.93.